The number of carbonyl (C=O) groups is 2. The van der Waals surface area contributed by atoms with Crippen LogP contribution in [0.5, 0.6) is 5.75 Å². The van der Waals surface area contributed by atoms with E-state index in [1.807, 2.05) is 54.6 Å². The number of esters is 1. The Morgan fingerprint density at radius 3 is 2.50 bits per heavy atom. The first-order valence-corrected chi connectivity index (χ1v) is 7.76. The van der Waals surface area contributed by atoms with Crippen LogP contribution in [-0.2, 0) is 27.3 Å². The van der Waals surface area contributed by atoms with Gasteiger partial charge in [0, 0.05) is 13.0 Å². The Morgan fingerprint density at radius 1 is 1.00 bits per heavy atom. The van der Waals surface area contributed by atoms with Crippen LogP contribution < -0.4 is 10.1 Å². The largest absolute Gasteiger partial charge is 0.497 e. The van der Waals surface area contributed by atoms with Crippen LogP contribution in [0.2, 0.25) is 0 Å². The predicted octanol–water partition coefficient (Wildman–Crippen LogP) is 2.49. The maximum absolute atomic E-state index is 11.7. The molecule has 0 aliphatic heterocycles. The molecule has 1 N–H and O–H groups in total. The van der Waals surface area contributed by atoms with Crippen molar-refractivity contribution in [3.05, 3.63) is 65.7 Å². The highest BCUT2D eigenvalue weighted by molar-refractivity contribution is 5.80. The molecule has 0 bridgehead atoms. The van der Waals surface area contributed by atoms with E-state index in [1.165, 1.54) is 0 Å². The zero-order valence-corrected chi connectivity index (χ0v) is 13.7. The van der Waals surface area contributed by atoms with Gasteiger partial charge in [-0.2, -0.15) is 0 Å². The molecule has 0 radical (unpaired) electrons. The lowest BCUT2D eigenvalue weighted by Gasteiger charge is -2.08. The second-order valence-corrected chi connectivity index (χ2v) is 5.27. The number of hydrogen-bond donors (Lipinski definition) is 1. The lowest BCUT2D eigenvalue weighted by Crippen LogP contribution is -2.28. The lowest BCUT2D eigenvalue weighted by atomic mass is 10.1. The number of methoxy groups -OCH3 is 1. The number of rotatable bonds is 8. The minimum atomic E-state index is -0.379. The highest BCUT2D eigenvalue weighted by Gasteiger charge is 2.08. The Morgan fingerprint density at radius 2 is 1.75 bits per heavy atom. The van der Waals surface area contributed by atoms with E-state index in [0.29, 0.717) is 13.0 Å². The van der Waals surface area contributed by atoms with Gasteiger partial charge in [-0.15, -0.1) is 0 Å². The summed E-state index contributed by atoms with van der Waals surface area (Å²) in [4.78, 5) is 23.4. The van der Waals surface area contributed by atoms with Crippen molar-refractivity contribution < 1.29 is 19.1 Å². The molecular formula is C19H21NO4. The first-order chi connectivity index (χ1) is 11.7. The topological polar surface area (TPSA) is 64.6 Å². The van der Waals surface area contributed by atoms with Crippen molar-refractivity contribution in [2.45, 2.75) is 19.4 Å². The molecular weight excluding hydrogens is 306 g/mol. The van der Waals surface area contributed by atoms with Crippen LogP contribution in [0, 0.1) is 0 Å². The molecule has 24 heavy (non-hydrogen) atoms. The summed E-state index contributed by atoms with van der Waals surface area (Å²) in [5.41, 5.74) is 1.98. The number of hydrogen-bond acceptors (Lipinski definition) is 4. The number of aryl methyl sites for hydroxylation is 1. The van der Waals surface area contributed by atoms with E-state index in [9.17, 15) is 9.59 Å². The first kappa shape index (κ1) is 17.5. The molecule has 0 spiro atoms. The molecule has 5 heteroatoms. The number of benzene rings is 2. The second-order valence-electron chi connectivity index (χ2n) is 5.27. The average molecular weight is 327 g/mol. The van der Waals surface area contributed by atoms with E-state index in [2.05, 4.69) is 5.32 Å². The van der Waals surface area contributed by atoms with Gasteiger partial charge in [0.2, 0.25) is 0 Å². The summed E-state index contributed by atoms with van der Waals surface area (Å²) in [6.45, 7) is 0.0925. The van der Waals surface area contributed by atoms with Crippen LogP contribution in [0.3, 0.4) is 0 Å². The molecule has 0 unspecified atom stereocenters. The van der Waals surface area contributed by atoms with Gasteiger partial charge >= 0.3 is 5.97 Å². The van der Waals surface area contributed by atoms with Gasteiger partial charge in [0.15, 0.2) is 6.61 Å². The number of ether oxygens (including phenoxy) is 2. The van der Waals surface area contributed by atoms with Gasteiger partial charge in [-0.3, -0.25) is 9.59 Å². The van der Waals surface area contributed by atoms with Crippen LogP contribution in [0.1, 0.15) is 17.5 Å². The van der Waals surface area contributed by atoms with E-state index in [-0.39, 0.29) is 24.9 Å². The minimum Gasteiger partial charge on any atom is -0.497 e. The third-order valence-corrected chi connectivity index (χ3v) is 3.45. The van der Waals surface area contributed by atoms with E-state index in [0.717, 1.165) is 16.9 Å². The van der Waals surface area contributed by atoms with Crippen LogP contribution in [0.15, 0.2) is 54.6 Å². The average Bonchev–Trinajstić information content (AvgIpc) is 2.64. The summed E-state index contributed by atoms with van der Waals surface area (Å²) in [5.74, 6) is 0.0235. The summed E-state index contributed by atoms with van der Waals surface area (Å²) < 4.78 is 10.1. The molecule has 5 nitrogen and oxygen atoms in total. The number of carbonyl (C=O) groups excluding carboxylic acids is 2. The van der Waals surface area contributed by atoms with Crippen molar-refractivity contribution in [1.29, 1.82) is 0 Å². The molecule has 0 aliphatic carbocycles. The SMILES string of the molecule is COc1cccc(CNC(=O)COC(=O)CCc2ccccc2)c1. The zero-order valence-electron chi connectivity index (χ0n) is 13.7. The second kappa shape index (κ2) is 9.35. The molecule has 0 saturated carbocycles. The van der Waals surface area contributed by atoms with Crippen molar-refractivity contribution in [2.24, 2.45) is 0 Å². The fraction of sp³-hybridized carbons (Fsp3) is 0.263. The lowest BCUT2D eigenvalue weighted by molar-refractivity contribution is -0.148. The van der Waals surface area contributed by atoms with Crippen LogP contribution in [-0.4, -0.2) is 25.6 Å². The van der Waals surface area contributed by atoms with Gasteiger partial charge in [-0.25, -0.2) is 0 Å². The molecule has 0 saturated heterocycles. The van der Waals surface area contributed by atoms with Crippen molar-refractivity contribution in [3.63, 3.8) is 0 Å². The standard InChI is InChI=1S/C19H21NO4/c1-23-17-9-5-8-16(12-17)13-20-18(21)14-24-19(22)11-10-15-6-3-2-4-7-15/h2-9,12H,10-11,13-14H2,1H3,(H,20,21). The van der Waals surface area contributed by atoms with Gasteiger partial charge in [0.05, 0.1) is 7.11 Å². The maximum Gasteiger partial charge on any atom is 0.306 e. The van der Waals surface area contributed by atoms with Crippen molar-refractivity contribution >= 4 is 11.9 Å². The summed E-state index contributed by atoms with van der Waals surface area (Å²) >= 11 is 0. The van der Waals surface area contributed by atoms with Crippen LogP contribution >= 0.6 is 0 Å². The molecule has 0 heterocycles. The Labute approximate surface area is 141 Å². The molecule has 0 fully saturated rings. The zero-order chi connectivity index (χ0) is 17.2. The van der Waals surface area contributed by atoms with Gasteiger partial charge in [0.1, 0.15) is 5.75 Å². The molecule has 126 valence electrons. The van der Waals surface area contributed by atoms with E-state index in [4.69, 9.17) is 9.47 Å². The van der Waals surface area contributed by atoms with Crippen molar-refractivity contribution in [3.8, 4) is 5.75 Å². The number of nitrogens with one attached hydrogen (secondary N) is 1. The Hall–Kier alpha value is -2.82. The smallest absolute Gasteiger partial charge is 0.306 e. The van der Waals surface area contributed by atoms with Gasteiger partial charge in [0.25, 0.3) is 5.91 Å². The van der Waals surface area contributed by atoms with Crippen molar-refractivity contribution in [2.75, 3.05) is 13.7 Å². The minimum absolute atomic E-state index is 0.257. The first-order valence-electron chi connectivity index (χ1n) is 7.76. The summed E-state index contributed by atoms with van der Waals surface area (Å²) in [5, 5.41) is 2.71. The summed E-state index contributed by atoms with van der Waals surface area (Å²) in [6, 6.07) is 17.1. The van der Waals surface area contributed by atoms with Crippen LogP contribution in [0.25, 0.3) is 0 Å². The molecule has 2 rings (SSSR count). The van der Waals surface area contributed by atoms with Gasteiger partial charge in [-0.1, -0.05) is 42.5 Å². The highest BCUT2D eigenvalue weighted by atomic mass is 16.5. The van der Waals surface area contributed by atoms with Gasteiger partial charge < -0.3 is 14.8 Å². The fourth-order valence-electron chi connectivity index (χ4n) is 2.14. The summed E-state index contributed by atoms with van der Waals surface area (Å²) in [6.07, 6.45) is 0.859. The van der Waals surface area contributed by atoms with E-state index >= 15 is 0 Å². The van der Waals surface area contributed by atoms with Crippen LogP contribution in [0.4, 0.5) is 0 Å². The Bertz CT molecular complexity index is 670. The number of amides is 1. The predicted molar refractivity (Wildman–Crippen MR) is 90.6 cm³/mol. The van der Waals surface area contributed by atoms with Crippen molar-refractivity contribution in [1.82, 2.24) is 5.32 Å². The maximum atomic E-state index is 11.7. The van der Waals surface area contributed by atoms with E-state index in [1.54, 1.807) is 7.11 Å². The van der Waals surface area contributed by atoms with Gasteiger partial charge in [-0.05, 0) is 29.7 Å². The monoisotopic (exact) mass is 327 g/mol. The summed E-state index contributed by atoms with van der Waals surface area (Å²) in [7, 11) is 1.59. The molecule has 0 aliphatic rings. The third-order valence-electron chi connectivity index (χ3n) is 3.45. The van der Waals surface area contributed by atoms with E-state index < -0.39 is 0 Å². The highest BCUT2D eigenvalue weighted by Crippen LogP contribution is 2.12. The molecule has 0 aromatic heterocycles. The quantitative estimate of drug-likeness (QED) is 0.757. The normalized spacial score (nSPS) is 10.0. The Kier molecular flexibility index (Phi) is 6.83. The molecule has 1 amide bonds. The fourth-order valence-corrected chi connectivity index (χ4v) is 2.14. The Balaban J connectivity index is 1.66. The molecule has 0 atom stereocenters. The molecule has 2 aromatic carbocycles. The third kappa shape index (κ3) is 6.12. The molecule has 2 aromatic rings.